The van der Waals surface area contributed by atoms with Gasteiger partial charge in [0.05, 0.1) is 11.8 Å². The first-order valence-corrected chi connectivity index (χ1v) is 7.48. The number of carbonyl (C=O) groups is 3. The second kappa shape index (κ2) is 5.57. The van der Waals surface area contributed by atoms with Crippen molar-refractivity contribution in [3.8, 4) is 0 Å². The van der Waals surface area contributed by atoms with Crippen LogP contribution in [-0.2, 0) is 9.59 Å². The smallest absolute Gasteiger partial charge is 0.270 e. The number of halogens is 1. The van der Waals surface area contributed by atoms with Gasteiger partial charge >= 0.3 is 0 Å². The molecule has 114 valence electrons. The molecule has 1 aliphatic carbocycles. The fourth-order valence-electron chi connectivity index (χ4n) is 3.03. The molecule has 3 atom stereocenters. The fraction of sp³-hybridized carbons (Fsp3) is 0.312. The summed E-state index contributed by atoms with van der Waals surface area (Å²) in [7, 11) is 0. The molecule has 1 aromatic carbocycles. The van der Waals surface area contributed by atoms with E-state index >= 15 is 0 Å². The Morgan fingerprint density at radius 2 is 1.91 bits per heavy atom. The molecule has 0 bridgehead atoms. The number of hydrogen-bond acceptors (Lipinski definition) is 3. The number of amides is 3. The number of imide groups is 1. The average Bonchev–Trinajstić information content (AvgIpc) is 2.74. The van der Waals surface area contributed by atoms with Crippen LogP contribution in [0.1, 0.15) is 23.7 Å². The Morgan fingerprint density at radius 3 is 2.55 bits per heavy atom. The molecule has 22 heavy (non-hydrogen) atoms. The lowest BCUT2D eigenvalue weighted by Crippen LogP contribution is -2.46. The Balaban J connectivity index is 1.78. The summed E-state index contributed by atoms with van der Waals surface area (Å²) in [5.41, 5.74) is 2.75. The minimum Gasteiger partial charge on any atom is -0.272 e. The topological polar surface area (TPSA) is 66.5 Å². The molecule has 6 heteroatoms. The summed E-state index contributed by atoms with van der Waals surface area (Å²) in [5.74, 6) is -1.95. The van der Waals surface area contributed by atoms with Crippen molar-refractivity contribution in [3.63, 3.8) is 0 Å². The Labute approximate surface area is 132 Å². The SMILES string of the molecule is C[C@@H]1C=CC[C@H]2C(=O)N(NC(=O)c3ccc(Cl)cc3)C(=O)[C@@H]12. The van der Waals surface area contributed by atoms with Gasteiger partial charge in [0, 0.05) is 10.6 Å². The van der Waals surface area contributed by atoms with Crippen LogP contribution in [-0.4, -0.2) is 22.7 Å². The van der Waals surface area contributed by atoms with Crippen molar-refractivity contribution >= 4 is 29.3 Å². The molecular weight excluding hydrogens is 304 g/mol. The van der Waals surface area contributed by atoms with Crippen LogP contribution in [0, 0.1) is 17.8 Å². The summed E-state index contributed by atoms with van der Waals surface area (Å²) in [5, 5.41) is 1.38. The normalized spacial score (nSPS) is 27.0. The van der Waals surface area contributed by atoms with Gasteiger partial charge in [-0.15, -0.1) is 0 Å². The third-order valence-corrected chi connectivity index (χ3v) is 4.44. The second-order valence-electron chi connectivity index (χ2n) is 5.61. The number of fused-ring (bicyclic) bond motifs is 1. The lowest BCUT2D eigenvalue weighted by molar-refractivity contribution is -0.142. The molecule has 0 aromatic heterocycles. The van der Waals surface area contributed by atoms with E-state index in [1.54, 1.807) is 24.3 Å². The first-order chi connectivity index (χ1) is 10.5. The molecule has 5 nitrogen and oxygen atoms in total. The first-order valence-electron chi connectivity index (χ1n) is 7.10. The van der Waals surface area contributed by atoms with Crippen molar-refractivity contribution < 1.29 is 14.4 Å². The Kier molecular flexibility index (Phi) is 3.74. The summed E-state index contributed by atoms with van der Waals surface area (Å²) in [6.07, 6.45) is 4.39. The van der Waals surface area contributed by atoms with Gasteiger partial charge < -0.3 is 0 Å². The van der Waals surface area contributed by atoms with Crippen molar-refractivity contribution in [1.29, 1.82) is 0 Å². The van der Waals surface area contributed by atoms with Crippen molar-refractivity contribution in [2.24, 2.45) is 17.8 Å². The van der Waals surface area contributed by atoms with Crippen LogP contribution in [0.2, 0.25) is 5.02 Å². The zero-order valence-electron chi connectivity index (χ0n) is 12.0. The Morgan fingerprint density at radius 1 is 1.23 bits per heavy atom. The van der Waals surface area contributed by atoms with Crippen LogP contribution >= 0.6 is 11.6 Å². The largest absolute Gasteiger partial charge is 0.272 e. The molecule has 1 fully saturated rings. The van der Waals surface area contributed by atoms with E-state index in [-0.39, 0.29) is 29.6 Å². The number of hydrogen-bond donors (Lipinski definition) is 1. The third-order valence-electron chi connectivity index (χ3n) is 4.19. The van der Waals surface area contributed by atoms with Crippen LogP contribution in [0.5, 0.6) is 0 Å². The summed E-state index contributed by atoms with van der Waals surface area (Å²) in [4.78, 5) is 36.9. The van der Waals surface area contributed by atoms with E-state index in [0.29, 0.717) is 17.0 Å². The zero-order chi connectivity index (χ0) is 15.9. The maximum Gasteiger partial charge on any atom is 0.270 e. The molecule has 3 rings (SSSR count). The molecule has 1 aliphatic heterocycles. The van der Waals surface area contributed by atoms with Crippen LogP contribution in [0.25, 0.3) is 0 Å². The van der Waals surface area contributed by atoms with Gasteiger partial charge in [-0.2, -0.15) is 5.01 Å². The van der Waals surface area contributed by atoms with E-state index in [1.807, 2.05) is 19.1 Å². The fourth-order valence-corrected chi connectivity index (χ4v) is 3.15. The molecule has 2 aliphatic rings. The van der Waals surface area contributed by atoms with Gasteiger partial charge in [-0.25, -0.2) is 0 Å². The molecular formula is C16H15ClN2O3. The molecule has 0 spiro atoms. The van der Waals surface area contributed by atoms with E-state index in [2.05, 4.69) is 5.43 Å². The summed E-state index contributed by atoms with van der Waals surface area (Å²) < 4.78 is 0. The molecule has 3 amide bonds. The van der Waals surface area contributed by atoms with Gasteiger partial charge in [0.25, 0.3) is 17.7 Å². The molecule has 1 N–H and O–H groups in total. The van der Waals surface area contributed by atoms with E-state index in [0.717, 1.165) is 5.01 Å². The molecule has 1 heterocycles. The van der Waals surface area contributed by atoms with Crippen LogP contribution in [0.4, 0.5) is 0 Å². The van der Waals surface area contributed by atoms with Crippen molar-refractivity contribution in [2.45, 2.75) is 13.3 Å². The van der Waals surface area contributed by atoms with E-state index in [4.69, 9.17) is 11.6 Å². The molecule has 0 radical (unpaired) electrons. The summed E-state index contributed by atoms with van der Waals surface area (Å²) in [6, 6.07) is 6.24. The van der Waals surface area contributed by atoms with Crippen LogP contribution in [0.3, 0.4) is 0 Å². The lowest BCUT2D eigenvalue weighted by Gasteiger charge is -2.22. The minimum absolute atomic E-state index is 0.00682. The van der Waals surface area contributed by atoms with Gasteiger partial charge in [0.1, 0.15) is 0 Å². The maximum absolute atomic E-state index is 12.4. The predicted octanol–water partition coefficient (Wildman–Crippen LogP) is 2.18. The van der Waals surface area contributed by atoms with Gasteiger partial charge in [-0.05, 0) is 36.6 Å². The van der Waals surface area contributed by atoms with E-state index in [1.165, 1.54) is 0 Å². The Bertz CT molecular complexity index is 668. The first kappa shape index (κ1) is 14.8. The zero-order valence-corrected chi connectivity index (χ0v) is 12.7. The number of nitrogens with zero attached hydrogens (tertiary/aromatic N) is 1. The maximum atomic E-state index is 12.4. The number of allylic oxidation sites excluding steroid dienone is 2. The van der Waals surface area contributed by atoms with E-state index in [9.17, 15) is 14.4 Å². The molecule has 0 saturated carbocycles. The highest BCUT2D eigenvalue weighted by Crippen LogP contribution is 2.37. The quantitative estimate of drug-likeness (QED) is 0.671. The number of nitrogens with one attached hydrogen (secondary N) is 1. The number of rotatable bonds is 2. The summed E-state index contributed by atoms with van der Waals surface area (Å²) in [6.45, 7) is 1.91. The van der Waals surface area contributed by atoms with Gasteiger partial charge in [-0.1, -0.05) is 30.7 Å². The van der Waals surface area contributed by atoms with Crippen molar-refractivity contribution in [2.75, 3.05) is 0 Å². The number of benzene rings is 1. The van der Waals surface area contributed by atoms with Gasteiger partial charge in [-0.3, -0.25) is 19.8 Å². The summed E-state index contributed by atoms with van der Waals surface area (Å²) >= 11 is 5.77. The monoisotopic (exact) mass is 318 g/mol. The van der Waals surface area contributed by atoms with Crippen molar-refractivity contribution in [3.05, 3.63) is 47.0 Å². The predicted molar refractivity (Wildman–Crippen MR) is 80.7 cm³/mol. The molecule has 1 saturated heterocycles. The molecule has 1 aromatic rings. The van der Waals surface area contributed by atoms with Crippen molar-refractivity contribution in [1.82, 2.24) is 10.4 Å². The van der Waals surface area contributed by atoms with Crippen LogP contribution in [0.15, 0.2) is 36.4 Å². The molecule has 0 unspecified atom stereocenters. The highest BCUT2D eigenvalue weighted by molar-refractivity contribution is 6.30. The number of hydrazine groups is 1. The Hall–Kier alpha value is -2.14. The highest BCUT2D eigenvalue weighted by atomic mass is 35.5. The van der Waals surface area contributed by atoms with Gasteiger partial charge in [0.2, 0.25) is 0 Å². The second-order valence-corrected chi connectivity index (χ2v) is 6.05. The standard InChI is InChI=1S/C16H15ClN2O3/c1-9-3-2-4-12-13(9)16(22)19(15(12)21)18-14(20)10-5-7-11(17)8-6-10/h2-3,5-9,12-13H,4H2,1H3,(H,18,20)/t9-,12-,13+/m1/s1. The lowest BCUT2D eigenvalue weighted by atomic mass is 9.78. The average molecular weight is 319 g/mol. The van der Waals surface area contributed by atoms with E-state index < -0.39 is 5.91 Å². The minimum atomic E-state index is -0.502. The van der Waals surface area contributed by atoms with Crippen LogP contribution < -0.4 is 5.43 Å². The number of carbonyl (C=O) groups excluding carboxylic acids is 3. The van der Waals surface area contributed by atoms with Gasteiger partial charge in [0.15, 0.2) is 0 Å². The highest BCUT2D eigenvalue weighted by Gasteiger charge is 2.50. The third kappa shape index (κ3) is 2.41.